The number of amides is 1. The lowest BCUT2D eigenvalue weighted by Gasteiger charge is -2.11. The van der Waals surface area contributed by atoms with E-state index in [9.17, 15) is 9.59 Å². The Morgan fingerprint density at radius 2 is 1.77 bits per heavy atom. The molecule has 4 rings (SSSR count). The van der Waals surface area contributed by atoms with E-state index >= 15 is 0 Å². The molecule has 1 aromatic heterocycles. The van der Waals surface area contributed by atoms with Crippen LogP contribution in [0, 0.1) is 0 Å². The normalized spacial score (nSPS) is 10.9. The lowest BCUT2D eigenvalue weighted by molar-refractivity contribution is -0.119. The third-order valence-electron chi connectivity index (χ3n) is 4.63. The smallest absolute Gasteiger partial charge is 0.339 e. The molecule has 152 valence electrons. The van der Waals surface area contributed by atoms with Crippen molar-refractivity contribution in [1.82, 2.24) is 0 Å². The molecule has 6 nitrogen and oxygen atoms in total. The van der Waals surface area contributed by atoms with E-state index in [0.29, 0.717) is 22.6 Å². The van der Waals surface area contributed by atoms with E-state index in [0.717, 1.165) is 21.3 Å². The van der Waals surface area contributed by atoms with Crippen molar-refractivity contribution in [3.63, 3.8) is 0 Å². The van der Waals surface area contributed by atoms with Crippen LogP contribution in [-0.4, -0.2) is 31.8 Å². The highest BCUT2D eigenvalue weighted by Gasteiger charge is 2.17. The minimum absolute atomic E-state index is 0.414. The number of ether oxygens (including phenoxy) is 2. The minimum Gasteiger partial charge on any atom is -0.495 e. The summed E-state index contributed by atoms with van der Waals surface area (Å²) in [4.78, 5) is 25.5. The van der Waals surface area contributed by atoms with Crippen LogP contribution in [0.2, 0.25) is 0 Å². The van der Waals surface area contributed by atoms with Gasteiger partial charge in [-0.15, -0.1) is 11.8 Å². The van der Waals surface area contributed by atoms with Gasteiger partial charge >= 0.3 is 5.97 Å². The van der Waals surface area contributed by atoms with Gasteiger partial charge in [-0.1, -0.05) is 30.3 Å². The Labute approximate surface area is 177 Å². The molecule has 0 saturated heterocycles. The number of carbonyl (C=O) groups is 2. The zero-order valence-corrected chi connectivity index (χ0v) is 17.2. The second-order valence-corrected chi connectivity index (χ2v) is 7.32. The Morgan fingerprint density at radius 3 is 2.57 bits per heavy atom. The molecule has 0 spiro atoms. The van der Waals surface area contributed by atoms with E-state index in [2.05, 4.69) is 5.32 Å². The number of hydrogen-bond acceptors (Lipinski definition) is 6. The molecule has 0 aliphatic carbocycles. The number of fused-ring (bicyclic) bond motifs is 3. The van der Waals surface area contributed by atoms with Gasteiger partial charge in [-0.2, -0.15) is 0 Å². The summed E-state index contributed by atoms with van der Waals surface area (Å²) in [5.74, 6) is -0.532. The van der Waals surface area contributed by atoms with Gasteiger partial charge in [-0.05, 0) is 30.5 Å². The second kappa shape index (κ2) is 8.51. The average Bonchev–Trinajstić information content (AvgIpc) is 3.14. The maximum atomic E-state index is 12.4. The first-order valence-electron chi connectivity index (χ1n) is 9.20. The molecule has 0 aliphatic heterocycles. The summed E-state index contributed by atoms with van der Waals surface area (Å²) < 4.78 is 16.5. The van der Waals surface area contributed by atoms with E-state index in [1.54, 1.807) is 18.2 Å². The van der Waals surface area contributed by atoms with Gasteiger partial charge in [0.2, 0.25) is 0 Å². The molecule has 0 saturated carbocycles. The third kappa shape index (κ3) is 3.84. The van der Waals surface area contributed by atoms with Crippen LogP contribution >= 0.6 is 11.8 Å². The van der Waals surface area contributed by atoms with Gasteiger partial charge < -0.3 is 19.2 Å². The van der Waals surface area contributed by atoms with Crippen molar-refractivity contribution >= 4 is 51.3 Å². The van der Waals surface area contributed by atoms with Crippen LogP contribution < -0.4 is 10.1 Å². The molecule has 30 heavy (non-hydrogen) atoms. The summed E-state index contributed by atoms with van der Waals surface area (Å²) in [6.45, 7) is -0.414. The summed E-state index contributed by atoms with van der Waals surface area (Å²) in [5.41, 5.74) is 2.24. The predicted molar refractivity (Wildman–Crippen MR) is 117 cm³/mol. The van der Waals surface area contributed by atoms with Crippen LogP contribution in [0.25, 0.3) is 21.9 Å². The summed E-state index contributed by atoms with van der Waals surface area (Å²) in [5, 5.41) is 4.58. The summed E-state index contributed by atoms with van der Waals surface area (Å²) >= 11 is 1.44. The van der Waals surface area contributed by atoms with Crippen LogP contribution in [0.1, 0.15) is 10.4 Å². The zero-order valence-electron chi connectivity index (χ0n) is 16.4. The Kier molecular flexibility index (Phi) is 5.63. The third-order valence-corrected chi connectivity index (χ3v) is 5.43. The van der Waals surface area contributed by atoms with Crippen LogP contribution in [0.15, 0.2) is 70.0 Å². The van der Waals surface area contributed by atoms with Crippen LogP contribution in [0.5, 0.6) is 5.75 Å². The van der Waals surface area contributed by atoms with Crippen molar-refractivity contribution in [2.75, 3.05) is 25.3 Å². The Balaban J connectivity index is 1.51. The molecule has 1 heterocycles. The first kappa shape index (κ1) is 19.8. The Morgan fingerprint density at radius 1 is 1.00 bits per heavy atom. The van der Waals surface area contributed by atoms with E-state index < -0.39 is 18.5 Å². The number of thioether (sulfide) groups is 1. The van der Waals surface area contributed by atoms with Crippen molar-refractivity contribution < 1.29 is 23.5 Å². The van der Waals surface area contributed by atoms with E-state index in [1.165, 1.54) is 18.9 Å². The number of furan rings is 1. The predicted octanol–water partition coefficient (Wildman–Crippen LogP) is 5.11. The Hall–Kier alpha value is -3.45. The van der Waals surface area contributed by atoms with Crippen molar-refractivity contribution in [1.29, 1.82) is 0 Å². The quantitative estimate of drug-likeness (QED) is 0.344. The number of para-hydroxylation sites is 1. The number of esters is 1. The fraction of sp³-hybridized carbons (Fsp3) is 0.130. The van der Waals surface area contributed by atoms with E-state index in [1.807, 2.05) is 48.7 Å². The maximum Gasteiger partial charge on any atom is 0.339 e. The monoisotopic (exact) mass is 421 g/mol. The molecule has 0 bridgehead atoms. The molecule has 4 aromatic rings. The second-order valence-electron chi connectivity index (χ2n) is 6.47. The standard InChI is InChI=1S/C23H19NO5S/c1-27-20-11-16-14-7-3-5-9-18(14)29-19(16)12-17(20)24-22(25)13-28-23(26)15-8-4-6-10-21(15)30-2/h3-12H,13H2,1-2H3,(H,24,25). The maximum absolute atomic E-state index is 12.4. The van der Waals surface area contributed by atoms with E-state index in [-0.39, 0.29) is 0 Å². The summed E-state index contributed by atoms with van der Waals surface area (Å²) in [6, 6.07) is 18.3. The molecular weight excluding hydrogens is 402 g/mol. The topological polar surface area (TPSA) is 77.8 Å². The van der Waals surface area contributed by atoms with Gasteiger partial charge in [0.1, 0.15) is 16.9 Å². The van der Waals surface area contributed by atoms with Gasteiger partial charge in [0.25, 0.3) is 5.91 Å². The highest BCUT2D eigenvalue weighted by molar-refractivity contribution is 7.98. The summed E-state index contributed by atoms with van der Waals surface area (Å²) in [6.07, 6.45) is 1.87. The first-order chi connectivity index (χ1) is 14.6. The molecule has 0 radical (unpaired) electrons. The lowest BCUT2D eigenvalue weighted by Crippen LogP contribution is -2.21. The number of nitrogens with one attached hydrogen (secondary N) is 1. The van der Waals surface area contributed by atoms with Gasteiger partial charge in [-0.3, -0.25) is 4.79 Å². The van der Waals surface area contributed by atoms with Gasteiger partial charge in [-0.25, -0.2) is 4.79 Å². The number of benzene rings is 3. The minimum atomic E-state index is -0.546. The molecule has 0 atom stereocenters. The number of methoxy groups -OCH3 is 1. The molecule has 1 N–H and O–H groups in total. The van der Waals surface area contributed by atoms with Crippen molar-refractivity contribution in [3.05, 3.63) is 66.2 Å². The molecule has 0 fully saturated rings. The molecule has 3 aromatic carbocycles. The van der Waals surface area contributed by atoms with Crippen LogP contribution in [0.4, 0.5) is 5.69 Å². The van der Waals surface area contributed by atoms with Gasteiger partial charge in [0.05, 0.1) is 18.4 Å². The zero-order chi connectivity index (χ0) is 21.1. The van der Waals surface area contributed by atoms with E-state index in [4.69, 9.17) is 13.9 Å². The van der Waals surface area contributed by atoms with Crippen molar-refractivity contribution in [3.8, 4) is 5.75 Å². The van der Waals surface area contributed by atoms with Gasteiger partial charge in [0.15, 0.2) is 6.61 Å². The lowest BCUT2D eigenvalue weighted by atomic mass is 10.1. The highest BCUT2D eigenvalue weighted by atomic mass is 32.2. The van der Waals surface area contributed by atoms with Gasteiger partial charge in [0, 0.05) is 21.7 Å². The van der Waals surface area contributed by atoms with Crippen LogP contribution in [0.3, 0.4) is 0 Å². The molecule has 0 unspecified atom stereocenters. The highest BCUT2D eigenvalue weighted by Crippen LogP contribution is 2.36. The fourth-order valence-corrected chi connectivity index (χ4v) is 3.81. The molecule has 0 aliphatic rings. The first-order valence-corrected chi connectivity index (χ1v) is 10.4. The Bertz CT molecular complexity index is 1250. The number of hydrogen-bond donors (Lipinski definition) is 1. The van der Waals surface area contributed by atoms with Crippen molar-refractivity contribution in [2.24, 2.45) is 0 Å². The average molecular weight is 421 g/mol. The number of anilines is 1. The SMILES string of the molecule is COc1cc2c(cc1NC(=O)COC(=O)c1ccccc1SC)oc1ccccc12. The number of rotatable bonds is 6. The number of carbonyl (C=O) groups excluding carboxylic acids is 2. The van der Waals surface area contributed by atoms with Crippen LogP contribution in [-0.2, 0) is 9.53 Å². The molecule has 7 heteroatoms. The largest absolute Gasteiger partial charge is 0.495 e. The molecule has 1 amide bonds. The van der Waals surface area contributed by atoms with Crippen molar-refractivity contribution in [2.45, 2.75) is 4.90 Å². The fourth-order valence-electron chi connectivity index (χ4n) is 3.23. The molecular formula is C23H19NO5S. The summed E-state index contributed by atoms with van der Waals surface area (Å²) in [7, 11) is 1.53.